The summed E-state index contributed by atoms with van der Waals surface area (Å²) < 4.78 is 0. The van der Waals surface area contributed by atoms with Gasteiger partial charge in [-0.25, -0.2) is 4.98 Å². The van der Waals surface area contributed by atoms with Crippen molar-refractivity contribution >= 4 is 22.6 Å². The molecule has 0 saturated carbocycles. The molecule has 5 heteroatoms. The molecule has 1 saturated heterocycles. The van der Waals surface area contributed by atoms with Crippen molar-refractivity contribution in [2.24, 2.45) is 0 Å². The van der Waals surface area contributed by atoms with Crippen LogP contribution >= 0.6 is 0 Å². The number of nitrogens with zero attached hydrogens (tertiary/aromatic N) is 3. The van der Waals surface area contributed by atoms with Gasteiger partial charge < -0.3 is 14.8 Å². The summed E-state index contributed by atoms with van der Waals surface area (Å²) in [7, 11) is 0. The zero-order chi connectivity index (χ0) is 20.4. The number of carbonyl (C=O) groups excluding carboxylic acids is 1. The highest BCUT2D eigenvalue weighted by atomic mass is 16.2. The van der Waals surface area contributed by atoms with Gasteiger partial charge in [0.25, 0.3) is 5.91 Å². The molecule has 3 aromatic rings. The molecule has 0 radical (unpaired) electrons. The number of aromatic nitrogens is 2. The van der Waals surface area contributed by atoms with Crippen LogP contribution in [0.25, 0.3) is 11.0 Å². The molecule has 2 aromatic carbocycles. The number of nitrogens with one attached hydrogen (secondary N) is 1. The fourth-order valence-corrected chi connectivity index (χ4v) is 4.35. The molecule has 1 aliphatic heterocycles. The van der Waals surface area contributed by atoms with E-state index in [0.717, 1.165) is 54.9 Å². The standard InChI is InChI=1S/C24H30N4O/c1-4-28(17(2)3)20-11-9-19(10-12-20)24(29)27-15-13-18(14-16-27)23-25-21-7-5-6-8-22(21)26-23/h5-12,17-18H,4,13-16H2,1-3H3,(H,25,26). The Morgan fingerprint density at radius 3 is 2.45 bits per heavy atom. The molecule has 1 fully saturated rings. The number of benzene rings is 2. The van der Waals surface area contributed by atoms with Crippen LogP contribution in [0.15, 0.2) is 48.5 Å². The number of para-hydroxylation sites is 2. The van der Waals surface area contributed by atoms with Gasteiger partial charge in [-0.05, 0) is 70.0 Å². The third-order valence-corrected chi connectivity index (χ3v) is 5.99. The molecule has 5 nitrogen and oxygen atoms in total. The van der Waals surface area contributed by atoms with Crippen molar-refractivity contribution in [3.05, 3.63) is 59.9 Å². The van der Waals surface area contributed by atoms with Crippen LogP contribution in [0.5, 0.6) is 0 Å². The minimum absolute atomic E-state index is 0.132. The van der Waals surface area contributed by atoms with E-state index in [9.17, 15) is 4.79 Å². The molecule has 0 unspecified atom stereocenters. The maximum atomic E-state index is 13.0. The van der Waals surface area contributed by atoms with E-state index < -0.39 is 0 Å². The number of aromatic amines is 1. The first kappa shape index (κ1) is 19.5. The largest absolute Gasteiger partial charge is 0.369 e. The van der Waals surface area contributed by atoms with Crippen molar-refractivity contribution in [2.45, 2.75) is 45.6 Å². The highest BCUT2D eigenvalue weighted by Crippen LogP contribution is 2.28. The number of rotatable bonds is 5. The Labute approximate surface area is 172 Å². The highest BCUT2D eigenvalue weighted by molar-refractivity contribution is 5.94. The lowest BCUT2D eigenvalue weighted by Crippen LogP contribution is -2.38. The van der Waals surface area contributed by atoms with Gasteiger partial charge >= 0.3 is 0 Å². The molecule has 1 aliphatic rings. The summed E-state index contributed by atoms with van der Waals surface area (Å²) in [4.78, 5) is 25.5. The number of fused-ring (bicyclic) bond motifs is 1. The van der Waals surface area contributed by atoms with Crippen LogP contribution in [0, 0.1) is 0 Å². The molecule has 152 valence electrons. The molecular weight excluding hydrogens is 360 g/mol. The zero-order valence-electron chi connectivity index (χ0n) is 17.6. The highest BCUT2D eigenvalue weighted by Gasteiger charge is 2.26. The quantitative estimate of drug-likeness (QED) is 0.680. The van der Waals surface area contributed by atoms with E-state index in [-0.39, 0.29) is 5.91 Å². The predicted molar refractivity (Wildman–Crippen MR) is 119 cm³/mol. The number of amides is 1. The summed E-state index contributed by atoms with van der Waals surface area (Å²) in [6, 6.07) is 16.7. The summed E-state index contributed by atoms with van der Waals surface area (Å²) in [5.41, 5.74) is 4.05. The van der Waals surface area contributed by atoms with E-state index in [0.29, 0.717) is 12.0 Å². The van der Waals surface area contributed by atoms with Crippen molar-refractivity contribution in [1.82, 2.24) is 14.9 Å². The van der Waals surface area contributed by atoms with Gasteiger partial charge in [-0.2, -0.15) is 0 Å². The monoisotopic (exact) mass is 390 g/mol. The van der Waals surface area contributed by atoms with Crippen molar-refractivity contribution in [3.8, 4) is 0 Å². The number of anilines is 1. The number of likely N-dealkylation sites (tertiary alicyclic amines) is 1. The van der Waals surface area contributed by atoms with Gasteiger partial charge in [-0.15, -0.1) is 0 Å². The minimum Gasteiger partial charge on any atom is -0.369 e. The molecule has 1 amide bonds. The lowest BCUT2D eigenvalue weighted by Gasteiger charge is -2.31. The Morgan fingerprint density at radius 2 is 1.83 bits per heavy atom. The van der Waals surface area contributed by atoms with Crippen molar-refractivity contribution < 1.29 is 4.79 Å². The van der Waals surface area contributed by atoms with Gasteiger partial charge in [0, 0.05) is 42.8 Å². The fourth-order valence-electron chi connectivity index (χ4n) is 4.35. The summed E-state index contributed by atoms with van der Waals surface area (Å²) >= 11 is 0. The van der Waals surface area contributed by atoms with E-state index >= 15 is 0 Å². The first-order valence-corrected chi connectivity index (χ1v) is 10.7. The summed E-state index contributed by atoms with van der Waals surface area (Å²) in [5.74, 6) is 1.57. The SMILES string of the molecule is CCN(c1ccc(C(=O)N2CCC(c3nc4ccccc4[nH]3)CC2)cc1)C(C)C. The molecular formula is C24H30N4O. The summed E-state index contributed by atoms with van der Waals surface area (Å²) in [6.07, 6.45) is 1.89. The van der Waals surface area contributed by atoms with Gasteiger partial charge in [0.2, 0.25) is 0 Å². The predicted octanol–water partition coefficient (Wildman–Crippen LogP) is 4.82. The number of carbonyl (C=O) groups is 1. The topological polar surface area (TPSA) is 52.2 Å². The lowest BCUT2D eigenvalue weighted by atomic mass is 9.95. The van der Waals surface area contributed by atoms with Crippen molar-refractivity contribution in [2.75, 3.05) is 24.5 Å². The fraction of sp³-hybridized carbons (Fsp3) is 0.417. The average molecular weight is 391 g/mol. The van der Waals surface area contributed by atoms with Crippen LogP contribution in [0.4, 0.5) is 5.69 Å². The summed E-state index contributed by atoms with van der Waals surface area (Å²) in [5, 5.41) is 0. The number of piperidine rings is 1. The van der Waals surface area contributed by atoms with Crippen LogP contribution < -0.4 is 4.90 Å². The van der Waals surface area contributed by atoms with Gasteiger partial charge in [-0.1, -0.05) is 12.1 Å². The number of hydrogen-bond acceptors (Lipinski definition) is 3. The Morgan fingerprint density at radius 1 is 1.14 bits per heavy atom. The van der Waals surface area contributed by atoms with Gasteiger partial charge in [0.05, 0.1) is 11.0 Å². The average Bonchev–Trinajstić information content (AvgIpc) is 3.18. The third-order valence-electron chi connectivity index (χ3n) is 5.99. The number of hydrogen-bond donors (Lipinski definition) is 1. The molecule has 29 heavy (non-hydrogen) atoms. The maximum absolute atomic E-state index is 13.0. The van der Waals surface area contributed by atoms with Crippen molar-refractivity contribution in [3.63, 3.8) is 0 Å². The molecule has 0 bridgehead atoms. The Bertz CT molecular complexity index is 935. The second-order valence-corrected chi connectivity index (χ2v) is 8.13. The Balaban J connectivity index is 1.39. The van der Waals surface area contributed by atoms with E-state index in [1.807, 2.05) is 35.2 Å². The second kappa shape index (κ2) is 8.27. The minimum atomic E-state index is 0.132. The summed E-state index contributed by atoms with van der Waals surface area (Å²) in [6.45, 7) is 9.04. The first-order chi connectivity index (χ1) is 14.1. The smallest absolute Gasteiger partial charge is 0.253 e. The van der Waals surface area contributed by atoms with Crippen LogP contribution in [0.3, 0.4) is 0 Å². The van der Waals surface area contributed by atoms with Gasteiger partial charge in [0.1, 0.15) is 5.82 Å². The molecule has 0 aliphatic carbocycles. The Hall–Kier alpha value is -2.82. The molecule has 1 N–H and O–H groups in total. The molecule has 0 spiro atoms. The molecule has 2 heterocycles. The zero-order valence-corrected chi connectivity index (χ0v) is 17.6. The van der Waals surface area contributed by atoms with Gasteiger partial charge in [0.15, 0.2) is 0 Å². The van der Waals surface area contributed by atoms with E-state index in [2.05, 4.69) is 48.9 Å². The number of H-pyrrole nitrogens is 1. The maximum Gasteiger partial charge on any atom is 0.253 e. The van der Waals surface area contributed by atoms with E-state index in [1.165, 1.54) is 5.69 Å². The second-order valence-electron chi connectivity index (χ2n) is 8.13. The first-order valence-electron chi connectivity index (χ1n) is 10.7. The van der Waals surface area contributed by atoms with E-state index in [4.69, 9.17) is 4.98 Å². The van der Waals surface area contributed by atoms with Crippen LogP contribution in [0.1, 0.15) is 55.7 Å². The molecule has 1 aromatic heterocycles. The normalized spacial score (nSPS) is 15.2. The van der Waals surface area contributed by atoms with Gasteiger partial charge in [-0.3, -0.25) is 4.79 Å². The lowest BCUT2D eigenvalue weighted by molar-refractivity contribution is 0.0711. The van der Waals surface area contributed by atoms with Crippen LogP contribution in [0.2, 0.25) is 0 Å². The Kier molecular flexibility index (Phi) is 5.56. The third kappa shape index (κ3) is 4.00. The molecule has 4 rings (SSSR count). The number of imidazole rings is 1. The van der Waals surface area contributed by atoms with E-state index in [1.54, 1.807) is 0 Å². The van der Waals surface area contributed by atoms with Crippen molar-refractivity contribution in [1.29, 1.82) is 0 Å². The van der Waals surface area contributed by atoms with Crippen LogP contribution in [-0.2, 0) is 0 Å². The molecule has 0 atom stereocenters. The van der Waals surface area contributed by atoms with Crippen LogP contribution in [-0.4, -0.2) is 46.5 Å².